The summed E-state index contributed by atoms with van der Waals surface area (Å²) in [7, 11) is 0. The minimum absolute atomic E-state index is 0.0575. The number of amides is 1. The molecule has 0 radical (unpaired) electrons. The molecule has 0 bridgehead atoms. The third kappa shape index (κ3) is 5.27. The van der Waals surface area contributed by atoms with Gasteiger partial charge in [0.15, 0.2) is 6.61 Å². The highest BCUT2D eigenvalue weighted by Crippen LogP contribution is 2.29. The van der Waals surface area contributed by atoms with Gasteiger partial charge >= 0.3 is 0 Å². The van der Waals surface area contributed by atoms with Crippen LogP contribution in [0, 0.1) is 6.92 Å². The Morgan fingerprint density at radius 2 is 1.92 bits per heavy atom. The fourth-order valence-electron chi connectivity index (χ4n) is 3.07. The third-order valence-corrected chi connectivity index (χ3v) is 5.44. The van der Waals surface area contributed by atoms with Crippen LogP contribution in [0.3, 0.4) is 0 Å². The fourth-order valence-corrected chi connectivity index (χ4v) is 3.84. The fraction of sp³-hybridized carbons (Fsp3) is 0.381. The number of carbonyl (C=O) groups is 1. The van der Waals surface area contributed by atoms with Crippen molar-refractivity contribution < 1.29 is 9.53 Å². The Balaban J connectivity index is 1.39. The highest BCUT2D eigenvalue weighted by atomic mass is 32.2. The van der Waals surface area contributed by atoms with Crippen molar-refractivity contribution >= 4 is 17.7 Å². The second-order valence-corrected chi connectivity index (χ2v) is 7.57. The van der Waals surface area contributed by atoms with E-state index in [0.29, 0.717) is 6.54 Å². The zero-order valence-corrected chi connectivity index (χ0v) is 15.5. The topological polar surface area (TPSA) is 38.3 Å². The van der Waals surface area contributed by atoms with E-state index in [2.05, 4.69) is 42.6 Å². The van der Waals surface area contributed by atoms with Gasteiger partial charge in [-0.2, -0.15) is 0 Å². The van der Waals surface area contributed by atoms with Crippen LogP contribution in [-0.4, -0.2) is 24.8 Å². The number of rotatable bonds is 7. The highest BCUT2D eigenvalue weighted by molar-refractivity contribution is 7.99. The molecule has 25 heavy (non-hydrogen) atoms. The lowest BCUT2D eigenvalue weighted by Gasteiger charge is -2.19. The van der Waals surface area contributed by atoms with E-state index in [4.69, 9.17) is 4.74 Å². The Bertz CT molecular complexity index is 712. The minimum Gasteiger partial charge on any atom is -0.483 e. The molecule has 0 aromatic heterocycles. The molecule has 0 spiro atoms. The highest BCUT2D eigenvalue weighted by Gasteiger charge is 2.14. The van der Waals surface area contributed by atoms with Crippen LogP contribution in [0.5, 0.6) is 5.75 Å². The zero-order valence-electron chi connectivity index (χ0n) is 14.7. The average molecular weight is 356 g/mol. The molecule has 0 unspecified atom stereocenters. The largest absolute Gasteiger partial charge is 0.483 e. The van der Waals surface area contributed by atoms with E-state index in [9.17, 15) is 4.79 Å². The minimum atomic E-state index is -0.0575. The van der Waals surface area contributed by atoms with Gasteiger partial charge in [0.2, 0.25) is 0 Å². The summed E-state index contributed by atoms with van der Waals surface area (Å²) in [5.74, 6) is 1.68. The van der Waals surface area contributed by atoms with Crippen LogP contribution < -0.4 is 10.1 Å². The van der Waals surface area contributed by atoms with Crippen molar-refractivity contribution in [2.45, 2.75) is 37.5 Å². The molecule has 0 fully saturated rings. The maximum Gasteiger partial charge on any atom is 0.257 e. The van der Waals surface area contributed by atoms with Crippen molar-refractivity contribution in [1.29, 1.82) is 0 Å². The predicted octanol–water partition coefficient (Wildman–Crippen LogP) is 4.16. The van der Waals surface area contributed by atoms with E-state index >= 15 is 0 Å². The van der Waals surface area contributed by atoms with Crippen molar-refractivity contribution in [3.05, 3.63) is 59.2 Å². The molecular weight excluding hydrogens is 330 g/mol. The van der Waals surface area contributed by atoms with Crippen LogP contribution in [0.4, 0.5) is 0 Å². The van der Waals surface area contributed by atoms with Crippen LogP contribution in [0.2, 0.25) is 0 Å². The van der Waals surface area contributed by atoms with Crippen LogP contribution in [-0.2, 0) is 17.6 Å². The first-order valence-electron chi connectivity index (χ1n) is 8.92. The van der Waals surface area contributed by atoms with Gasteiger partial charge in [-0.25, -0.2) is 0 Å². The number of hydrogen-bond acceptors (Lipinski definition) is 3. The summed E-state index contributed by atoms with van der Waals surface area (Å²) in [6.45, 7) is 2.82. The van der Waals surface area contributed by atoms with E-state index in [0.717, 1.165) is 24.3 Å². The molecule has 0 heterocycles. The molecule has 0 saturated carbocycles. The Kier molecular flexibility index (Phi) is 6.40. The quantitative estimate of drug-likeness (QED) is 0.599. The van der Waals surface area contributed by atoms with Crippen LogP contribution in [0.15, 0.2) is 47.4 Å². The Labute approximate surface area is 154 Å². The number of nitrogens with one attached hydrogen (secondary N) is 1. The molecule has 0 aliphatic heterocycles. The van der Waals surface area contributed by atoms with Gasteiger partial charge < -0.3 is 10.1 Å². The molecule has 1 N–H and O–H groups in total. The molecule has 2 aromatic rings. The van der Waals surface area contributed by atoms with E-state index in [1.54, 1.807) is 11.8 Å². The van der Waals surface area contributed by atoms with Crippen LogP contribution in [0.25, 0.3) is 0 Å². The van der Waals surface area contributed by atoms with Crippen molar-refractivity contribution in [1.82, 2.24) is 5.32 Å². The van der Waals surface area contributed by atoms with Gasteiger partial charge in [-0.1, -0.05) is 29.8 Å². The molecule has 0 saturated heterocycles. The molecule has 2 aromatic carbocycles. The molecular formula is C21H25NO2S. The first kappa shape index (κ1) is 17.9. The number of aryl methyl sites for hydroxylation is 2. The molecule has 1 amide bonds. The predicted molar refractivity (Wildman–Crippen MR) is 103 cm³/mol. The van der Waals surface area contributed by atoms with Crippen LogP contribution in [0.1, 0.15) is 29.5 Å². The Morgan fingerprint density at radius 1 is 1.12 bits per heavy atom. The van der Waals surface area contributed by atoms with Crippen molar-refractivity contribution in [2.75, 3.05) is 18.9 Å². The normalized spacial score (nSPS) is 13.2. The van der Waals surface area contributed by atoms with Crippen molar-refractivity contribution in [2.24, 2.45) is 0 Å². The second kappa shape index (κ2) is 8.95. The summed E-state index contributed by atoms with van der Waals surface area (Å²) >= 11 is 1.75. The van der Waals surface area contributed by atoms with E-state index in [1.165, 1.54) is 34.4 Å². The lowest BCUT2D eigenvalue weighted by Crippen LogP contribution is -2.30. The smallest absolute Gasteiger partial charge is 0.257 e. The lowest BCUT2D eigenvalue weighted by molar-refractivity contribution is -0.122. The molecule has 3 nitrogen and oxygen atoms in total. The van der Waals surface area contributed by atoms with Gasteiger partial charge in [-0.3, -0.25) is 4.79 Å². The van der Waals surface area contributed by atoms with Gasteiger partial charge in [-0.05, 0) is 61.9 Å². The molecule has 3 rings (SSSR count). The summed E-state index contributed by atoms with van der Waals surface area (Å²) in [6, 6.07) is 14.6. The summed E-state index contributed by atoms with van der Waals surface area (Å²) in [4.78, 5) is 13.2. The summed E-state index contributed by atoms with van der Waals surface area (Å²) in [6.07, 6.45) is 4.63. The summed E-state index contributed by atoms with van der Waals surface area (Å²) < 4.78 is 5.78. The number of hydrogen-bond donors (Lipinski definition) is 1. The Hall–Kier alpha value is -1.94. The van der Waals surface area contributed by atoms with Crippen molar-refractivity contribution in [3.8, 4) is 5.75 Å². The van der Waals surface area contributed by atoms with Gasteiger partial charge in [0.05, 0.1) is 0 Å². The number of benzene rings is 2. The van der Waals surface area contributed by atoms with E-state index in [1.807, 2.05) is 12.1 Å². The zero-order chi connectivity index (χ0) is 17.5. The van der Waals surface area contributed by atoms with Crippen LogP contribution >= 0.6 is 11.8 Å². The number of fused-ring (bicyclic) bond motifs is 1. The average Bonchev–Trinajstić information content (AvgIpc) is 2.65. The SMILES string of the molecule is Cc1ccc(SCCNC(=O)COc2cccc3c2CCCC3)cc1. The number of ether oxygens (including phenoxy) is 1. The van der Waals surface area contributed by atoms with Gasteiger partial charge in [0, 0.05) is 17.2 Å². The van der Waals surface area contributed by atoms with Crippen molar-refractivity contribution in [3.63, 3.8) is 0 Å². The van der Waals surface area contributed by atoms with Gasteiger partial charge in [0.25, 0.3) is 5.91 Å². The van der Waals surface area contributed by atoms with Gasteiger partial charge in [0.1, 0.15) is 5.75 Å². The first-order valence-corrected chi connectivity index (χ1v) is 9.90. The van der Waals surface area contributed by atoms with Gasteiger partial charge in [-0.15, -0.1) is 11.8 Å². The monoisotopic (exact) mass is 355 g/mol. The standard InChI is InChI=1S/C21H25NO2S/c1-16-9-11-18(12-10-16)25-14-13-22-21(23)15-24-20-8-4-6-17-5-2-3-7-19(17)20/h4,6,8-12H,2-3,5,7,13-15H2,1H3,(H,22,23). The number of carbonyl (C=O) groups excluding carboxylic acids is 1. The van der Waals surface area contributed by atoms with E-state index in [-0.39, 0.29) is 12.5 Å². The Morgan fingerprint density at radius 3 is 2.76 bits per heavy atom. The maximum absolute atomic E-state index is 12.0. The maximum atomic E-state index is 12.0. The summed E-state index contributed by atoms with van der Waals surface area (Å²) in [5, 5.41) is 2.93. The molecule has 1 aliphatic rings. The third-order valence-electron chi connectivity index (χ3n) is 4.43. The molecule has 1 aliphatic carbocycles. The van der Waals surface area contributed by atoms with E-state index < -0.39 is 0 Å². The molecule has 132 valence electrons. The molecule has 0 atom stereocenters. The number of thioether (sulfide) groups is 1. The lowest BCUT2D eigenvalue weighted by atomic mass is 9.91. The first-order chi connectivity index (χ1) is 12.2. The summed E-state index contributed by atoms with van der Waals surface area (Å²) in [5.41, 5.74) is 3.92. The second-order valence-electron chi connectivity index (χ2n) is 6.40. The molecule has 4 heteroatoms.